The van der Waals surface area contributed by atoms with Crippen LogP contribution in [0.2, 0.25) is 0 Å². The minimum absolute atomic E-state index is 0.353. The van der Waals surface area contributed by atoms with Gasteiger partial charge in [-0.3, -0.25) is 9.59 Å². The van der Waals surface area contributed by atoms with E-state index in [9.17, 15) is 9.59 Å². The molecule has 0 aliphatic carbocycles. The highest BCUT2D eigenvalue weighted by Crippen LogP contribution is 1.99. The molecular formula is C12H13NO3. The van der Waals surface area contributed by atoms with Gasteiger partial charge in [0.15, 0.2) is 0 Å². The molecule has 0 unspecified atom stereocenters. The van der Waals surface area contributed by atoms with Gasteiger partial charge in [0.05, 0.1) is 0 Å². The summed E-state index contributed by atoms with van der Waals surface area (Å²) < 4.78 is 0. The number of hydrogen-bond donors (Lipinski definition) is 2. The molecule has 1 rings (SSSR count). The van der Waals surface area contributed by atoms with E-state index in [1.807, 2.05) is 30.3 Å². The largest absolute Gasteiger partial charge is 0.480 e. The van der Waals surface area contributed by atoms with E-state index in [-0.39, 0.29) is 6.54 Å². The smallest absolute Gasteiger partial charge is 0.322 e. The van der Waals surface area contributed by atoms with Crippen molar-refractivity contribution >= 4 is 11.9 Å². The molecule has 0 bridgehead atoms. The number of carbonyl (C=O) groups excluding carboxylic acids is 1. The van der Waals surface area contributed by atoms with Crippen LogP contribution in [0.4, 0.5) is 0 Å². The number of hydrogen-bond acceptors (Lipinski definition) is 2. The fourth-order valence-electron chi connectivity index (χ4n) is 1.14. The first-order valence-corrected chi connectivity index (χ1v) is 4.88. The number of rotatable bonds is 5. The van der Waals surface area contributed by atoms with E-state index in [1.165, 1.54) is 6.08 Å². The van der Waals surface area contributed by atoms with Crippen molar-refractivity contribution in [2.24, 2.45) is 0 Å². The van der Waals surface area contributed by atoms with Crippen LogP contribution in [0.5, 0.6) is 0 Å². The van der Waals surface area contributed by atoms with Gasteiger partial charge in [-0.1, -0.05) is 36.4 Å². The molecule has 0 spiro atoms. The Hall–Kier alpha value is -2.10. The lowest BCUT2D eigenvalue weighted by atomic mass is 10.1. The van der Waals surface area contributed by atoms with E-state index >= 15 is 0 Å². The molecule has 1 aromatic rings. The predicted octanol–water partition coefficient (Wildman–Crippen LogP) is 0.986. The molecule has 0 saturated carbocycles. The predicted molar refractivity (Wildman–Crippen MR) is 59.9 cm³/mol. The van der Waals surface area contributed by atoms with Gasteiger partial charge < -0.3 is 10.4 Å². The number of carboxylic acids is 1. The summed E-state index contributed by atoms with van der Waals surface area (Å²) in [4.78, 5) is 21.2. The Balaban J connectivity index is 2.32. The fourth-order valence-corrected chi connectivity index (χ4v) is 1.14. The second-order valence-electron chi connectivity index (χ2n) is 3.20. The topological polar surface area (TPSA) is 66.4 Å². The summed E-state index contributed by atoms with van der Waals surface area (Å²) in [5, 5.41) is 10.6. The molecule has 0 aliphatic heterocycles. The van der Waals surface area contributed by atoms with Crippen LogP contribution in [0.15, 0.2) is 42.5 Å². The van der Waals surface area contributed by atoms with Crippen LogP contribution < -0.4 is 5.32 Å². The lowest BCUT2D eigenvalue weighted by Gasteiger charge is -1.96. The molecule has 0 radical (unpaired) electrons. The highest BCUT2D eigenvalue weighted by atomic mass is 16.4. The highest BCUT2D eigenvalue weighted by Gasteiger charge is 1.98. The molecule has 0 heterocycles. The van der Waals surface area contributed by atoms with Gasteiger partial charge in [-0.05, 0) is 18.1 Å². The zero-order chi connectivity index (χ0) is 11.8. The quantitative estimate of drug-likeness (QED) is 0.725. The van der Waals surface area contributed by atoms with E-state index in [2.05, 4.69) is 5.32 Å². The third-order valence-corrected chi connectivity index (χ3v) is 1.88. The van der Waals surface area contributed by atoms with Crippen LogP contribution in [0, 0.1) is 0 Å². The van der Waals surface area contributed by atoms with Crippen LogP contribution in [0.25, 0.3) is 0 Å². The van der Waals surface area contributed by atoms with Crippen molar-refractivity contribution in [3.8, 4) is 0 Å². The van der Waals surface area contributed by atoms with E-state index in [4.69, 9.17) is 5.11 Å². The summed E-state index contributed by atoms with van der Waals surface area (Å²) >= 11 is 0. The molecule has 0 aliphatic rings. The molecule has 0 fully saturated rings. The van der Waals surface area contributed by atoms with Gasteiger partial charge in [-0.25, -0.2) is 0 Å². The zero-order valence-corrected chi connectivity index (χ0v) is 8.72. The number of carboxylic acid groups (broad SMARTS) is 1. The molecule has 2 N–H and O–H groups in total. The molecule has 0 saturated heterocycles. The average Bonchev–Trinajstić information content (AvgIpc) is 2.28. The zero-order valence-electron chi connectivity index (χ0n) is 8.72. The number of allylic oxidation sites excluding steroid dienone is 1. The second kappa shape index (κ2) is 6.40. The van der Waals surface area contributed by atoms with Crippen molar-refractivity contribution in [1.82, 2.24) is 5.32 Å². The van der Waals surface area contributed by atoms with Crippen molar-refractivity contribution < 1.29 is 14.7 Å². The van der Waals surface area contributed by atoms with Crippen molar-refractivity contribution in [2.75, 3.05) is 6.54 Å². The minimum Gasteiger partial charge on any atom is -0.480 e. The maximum absolute atomic E-state index is 11.1. The maximum atomic E-state index is 11.1. The van der Waals surface area contributed by atoms with E-state index < -0.39 is 11.9 Å². The lowest BCUT2D eigenvalue weighted by molar-refractivity contribution is -0.137. The Morgan fingerprint density at radius 3 is 2.56 bits per heavy atom. The molecular weight excluding hydrogens is 206 g/mol. The van der Waals surface area contributed by atoms with Crippen LogP contribution in [-0.4, -0.2) is 23.5 Å². The first-order chi connectivity index (χ1) is 7.68. The Morgan fingerprint density at radius 2 is 1.94 bits per heavy atom. The SMILES string of the molecule is O=C(O)CNC(=O)C=CCc1ccccc1. The number of aliphatic carboxylic acids is 1. The fraction of sp³-hybridized carbons (Fsp3) is 0.167. The Kier molecular flexibility index (Phi) is 4.79. The summed E-state index contributed by atoms with van der Waals surface area (Å²) in [6.07, 6.45) is 3.70. The Labute approximate surface area is 93.6 Å². The normalized spacial score (nSPS) is 10.2. The van der Waals surface area contributed by atoms with Gasteiger partial charge in [-0.2, -0.15) is 0 Å². The Bertz CT molecular complexity index is 385. The van der Waals surface area contributed by atoms with E-state index in [0.29, 0.717) is 6.42 Å². The molecule has 4 nitrogen and oxygen atoms in total. The molecule has 1 aromatic carbocycles. The summed E-state index contributed by atoms with van der Waals surface area (Å²) in [6.45, 7) is -0.353. The van der Waals surface area contributed by atoms with Crippen molar-refractivity contribution in [2.45, 2.75) is 6.42 Å². The second-order valence-corrected chi connectivity index (χ2v) is 3.20. The van der Waals surface area contributed by atoms with Crippen LogP contribution in [-0.2, 0) is 16.0 Å². The number of amides is 1. The first-order valence-electron chi connectivity index (χ1n) is 4.88. The standard InChI is InChI=1S/C12H13NO3/c14-11(13-9-12(15)16)8-4-7-10-5-2-1-3-6-10/h1-6,8H,7,9H2,(H,13,14)(H,15,16). The third-order valence-electron chi connectivity index (χ3n) is 1.88. The Morgan fingerprint density at radius 1 is 1.25 bits per heavy atom. The average molecular weight is 219 g/mol. The monoisotopic (exact) mass is 219 g/mol. The van der Waals surface area contributed by atoms with Gasteiger partial charge in [0.25, 0.3) is 0 Å². The van der Waals surface area contributed by atoms with Crippen molar-refractivity contribution in [3.63, 3.8) is 0 Å². The number of nitrogens with one attached hydrogen (secondary N) is 1. The van der Waals surface area contributed by atoms with Crippen LogP contribution in [0.3, 0.4) is 0 Å². The summed E-state index contributed by atoms with van der Waals surface area (Å²) in [5.74, 6) is -1.44. The molecule has 1 amide bonds. The van der Waals surface area contributed by atoms with Crippen molar-refractivity contribution in [3.05, 3.63) is 48.0 Å². The molecule has 16 heavy (non-hydrogen) atoms. The maximum Gasteiger partial charge on any atom is 0.322 e. The molecule has 4 heteroatoms. The van der Waals surface area contributed by atoms with Gasteiger partial charge in [0.2, 0.25) is 5.91 Å². The first kappa shape index (κ1) is 12.0. The molecule has 0 atom stereocenters. The summed E-state index contributed by atoms with van der Waals surface area (Å²) in [6, 6.07) is 9.69. The molecule has 0 aromatic heterocycles. The van der Waals surface area contributed by atoms with E-state index in [1.54, 1.807) is 6.08 Å². The van der Waals surface area contributed by atoms with Gasteiger partial charge in [0, 0.05) is 0 Å². The summed E-state index contributed by atoms with van der Waals surface area (Å²) in [7, 11) is 0. The van der Waals surface area contributed by atoms with Gasteiger partial charge in [-0.15, -0.1) is 0 Å². The lowest BCUT2D eigenvalue weighted by Crippen LogP contribution is -2.27. The van der Waals surface area contributed by atoms with Gasteiger partial charge in [0.1, 0.15) is 6.54 Å². The minimum atomic E-state index is -1.05. The summed E-state index contributed by atoms with van der Waals surface area (Å²) in [5.41, 5.74) is 1.10. The van der Waals surface area contributed by atoms with E-state index in [0.717, 1.165) is 5.56 Å². The number of carbonyl (C=O) groups is 2. The van der Waals surface area contributed by atoms with Crippen LogP contribution in [0.1, 0.15) is 5.56 Å². The number of benzene rings is 1. The van der Waals surface area contributed by atoms with Crippen LogP contribution >= 0.6 is 0 Å². The molecule has 84 valence electrons. The highest BCUT2D eigenvalue weighted by molar-refractivity contribution is 5.89. The van der Waals surface area contributed by atoms with Crippen molar-refractivity contribution in [1.29, 1.82) is 0 Å². The third kappa shape index (κ3) is 4.95. The van der Waals surface area contributed by atoms with Gasteiger partial charge >= 0.3 is 5.97 Å².